The van der Waals surface area contributed by atoms with Gasteiger partial charge in [0, 0.05) is 17.5 Å². The molecule has 1 unspecified atom stereocenters. The fourth-order valence-electron chi connectivity index (χ4n) is 2.97. The second-order valence-electron chi connectivity index (χ2n) is 6.59. The Morgan fingerprint density at radius 3 is 2.89 bits per heavy atom. The van der Waals surface area contributed by atoms with Crippen LogP contribution in [0.3, 0.4) is 0 Å². The van der Waals surface area contributed by atoms with Gasteiger partial charge in [0.15, 0.2) is 6.10 Å². The molecule has 0 radical (unpaired) electrons. The number of hydrogen-bond acceptors (Lipinski definition) is 5. The molecule has 144 valence electrons. The van der Waals surface area contributed by atoms with Crippen LogP contribution in [0.1, 0.15) is 38.6 Å². The van der Waals surface area contributed by atoms with Crippen molar-refractivity contribution in [3.05, 3.63) is 28.6 Å². The van der Waals surface area contributed by atoms with Gasteiger partial charge in [0.1, 0.15) is 12.3 Å². The maximum atomic E-state index is 12.6. The van der Waals surface area contributed by atoms with Crippen LogP contribution in [0.4, 0.5) is 5.69 Å². The molecule has 1 aromatic carbocycles. The molecule has 0 bridgehead atoms. The Bertz CT molecular complexity index is 834. The van der Waals surface area contributed by atoms with E-state index < -0.39 is 6.10 Å². The molecule has 1 N–H and O–H groups in total. The summed E-state index contributed by atoms with van der Waals surface area (Å²) in [6.07, 6.45) is 2.25. The molecule has 7 heteroatoms. The van der Waals surface area contributed by atoms with Gasteiger partial charge in [-0.25, -0.2) is 4.98 Å². The van der Waals surface area contributed by atoms with Crippen molar-refractivity contribution in [1.29, 1.82) is 0 Å². The van der Waals surface area contributed by atoms with Crippen molar-refractivity contribution in [3.63, 3.8) is 0 Å². The molecule has 0 saturated carbocycles. The fraction of sp³-hybridized carbons (Fsp3) is 0.450. The van der Waals surface area contributed by atoms with E-state index in [1.54, 1.807) is 18.3 Å². The highest BCUT2D eigenvalue weighted by Crippen LogP contribution is 2.37. The molecule has 2 amide bonds. The number of ether oxygens (including phenoxy) is 1. The number of nitrogens with zero attached hydrogens (tertiary/aromatic N) is 2. The molecule has 1 aromatic heterocycles. The molecule has 0 fully saturated rings. The predicted molar refractivity (Wildman–Crippen MR) is 107 cm³/mol. The van der Waals surface area contributed by atoms with Crippen molar-refractivity contribution in [2.24, 2.45) is 0 Å². The van der Waals surface area contributed by atoms with Crippen LogP contribution >= 0.6 is 11.3 Å². The zero-order valence-corrected chi connectivity index (χ0v) is 16.8. The van der Waals surface area contributed by atoms with Crippen LogP contribution in [0.25, 0.3) is 11.3 Å². The lowest BCUT2D eigenvalue weighted by Crippen LogP contribution is -2.48. The predicted octanol–water partition coefficient (Wildman–Crippen LogP) is 3.40. The zero-order chi connectivity index (χ0) is 19.4. The second-order valence-corrected chi connectivity index (χ2v) is 7.54. The molecule has 0 aliphatic carbocycles. The summed E-state index contributed by atoms with van der Waals surface area (Å²) in [5.74, 6) is 0.226. The minimum atomic E-state index is -0.613. The van der Waals surface area contributed by atoms with E-state index in [1.165, 1.54) is 4.90 Å². The van der Waals surface area contributed by atoms with Crippen LogP contribution in [-0.4, -0.2) is 36.0 Å². The van der Waals surface area contributed by atoms with Crippen molar-refractivity contribution >= 4 is 28.8 Å². The first-order chi connectivity index (χ1) is 13.0. The Morgan fingerprint density at radius 1 is 1.33 bits per heavy atom. The van der Waals surface area contributed by atoms with Gasteiger partial charge in [-0.3, -0.25) is 14.5 Å². The monoisotopic (exact) mass is 387 g/mol. The number of carbonyl (C=O) groups excluding carboxylic acids is 2. The standard InChI is InChI=1S/C20H25N3O3S/c1-4-6-19-22-15(12-27-19)14-7-8-17-16(10-14)23(20(25)13(3)26-17)11-18(24)21-9-5-2/h7-8,10,12-13H,4-6,9,11H2,1-3H3,(H,21,24). The molecule has 27 heavy (non-hydrogen) atoms. The lowest BCUT2D eigenvalue weighted by molar-refractivity contribution is -0.128. The van der Waals surface area contributed by atoms with Gasteiger partial charge >= 0.3 is 0 Å². The van der Waals surface area contributed by atoms with Crippen molar-refractivity contribution in [2.75, 3.05) is 18.0 Å². The SMILES string of the molecule is CCCNC(=O)CN1C(=O)C(C)Oc2ccc(-c3csc(CCC)n3)cc21. The third-order valence-electron chi connectivity index (χ3n) is 4.35. The van der Waals surface area contributed by atoms with E-state index in [1.807, 2.05) is 30.5 Å². The molecular weight excluding hydrogens is 362 g/mol. The molecule has 1 aliphatic heterocycles. The van der Waals surface area contributed by atoms with Crippen LogP contribution < -0.4 is 15.0 Å². The van der Waals surface area contributed by atoms with E-state index in [0.29, 0.717) is 18.0 Å². The fourth-order valence-corrected chi connectivity index (χ4v) is 3.87. The molecule has 1 atom stereocenters. The summed E-state index contributed by atoms with van der Waals surface area (Å²) in [6, 6.07) is 5.68. The molecule has 3 rings (SSSR count). The van der Waals surface area contributed by atoms with Crippen LogP contribution in [-0.2, 0) is 16.0 Å². The van der Waals surface area contributed by atoms with Crippen LogP contribution in [0, 0.1) is 0 Å². The van der Waals surface area contributed by atoms with Gasteiger partial charge < -0.3 is 10.1 Å². The number of carbonyl (C=O) groups is 2. The number of thiazole rings is 1. The highest BCUT2D eigenvalue weighted by Gasteiger charge is 2.33. The number of rotatable bonds is 7. The average molecular weight is 388 g/mol. The van der Waals surface area contributed by atoms with Crippen molar-refractivity contribution in [1.82, 2.24) is 10.3 Å². The van der Waals surface area contributed by atoms with Crippen LogP contribution in [0.15, 0.2) is 23.6 Å². The third-order valence-corrected chi connectivity index (χ3v) is 5.26. The number of aryl methyl sites for hydroxylation is 1. The number of hydrogen-bond donors (Lipinski definition) is 1. The van der Waals surface area contributed by atoms with Gasteiger partial charge in [-0.15, -0.1) is 11.3 Å². The summed E-state index contributed by atoms with van der Waals surface area (Å²) in [5.41, 5.74) is 2.41. The normalized spacial score (nSPS) is 16.0. The van der Waals surface area contributed by atoms with E-state index in [2.05, 4.69) is 17.2 Å². The first kappa shape index (κ1) is 19.4. The Balaban J connectivity index is 1.90. The molecule has 2 aromatic rings. The largest absolute Gasteiger partial charge is 0.479 e. The van der Waals surface area contributed by atoms with Gasteiger partial charge in [-0.1, -0.05) is 13.8 Å². The first-order valence-electron chi connectivity index (χ1n) is 9.37. The maximum Gasteiger partial charge on any atom is 0.268 e. The third kappa shape index (κ3) is 4.30. The summed E-state index contributed by atoms with van der Waals surface area (Å²) in [5, 5.41) is 5.95. The smallest absolute Gasteiger partial charge is 0.268 e. The number of amides is 2. The molecule has 6 nitrogen and oxygen atoms in total. The highest BCUT2D eigenvalue weighted by molar-refractivity contribution is 7.09. The number of aromatic nitrogens is 1. The summed E-state index contributed by atoms with van der Waals surface area (Å²) in [6.45, 7) is 6.41. The minimum absolute atomic E-state index is 0.0128. The Hall–Kier alpha value is -2.41. The van der Waals surface area contributed by atoms with Crippen molar-refractivity contribution in [3.8, 4) is 17.0 Å². The molecule has 0 spiro atoms. The molecule has 1 aliphatic rings. The quantitative estimate of drug-likeness (QED) is 0.790. The van der Waals surface area contributed by atoms with E-state index in [9.17, 15) is 9.59 Å². The van der Waals surface area contributed by atoms with E-state index in [4.69, 9.17) is 4.74 Å². The molecular formula is C20H25N3O3S. The Labute approximate surface area is 163 Å². The van der Waals surface area contributed by atoms with E-state index in [0.717, 1.165) is 35.5 Å². The number of fused-ring (bicyclic) bond motifs is 1. The highest BCUT2D eigenvalue weighted by atomic mass is 32.1. The van der Waals surface area contributed by atoms with Gasteiger partial charge in [-0.2, -0.15) is 0 Å². The lowest BCUT2D eigenvalue weighted by Gasteiger charge is -2.32. The summed E-state index contributed by atoms with van der Waals surface area (Å²) in [7, 11) is 0. The van der Waals surface area contributed by atoms with Crippen LogP contribution in [0.5, 0.6) is 5.75 Å². The molecule has 2 heterocycles. The second kappa shape index (κ2) is 8.52. The number of anilines is 1. The van der Waals surface area contributed by atoms with Gasteiger partial charge in [0.25, 0.3) is 5.91 Å². The zero-order valence-electron chi connectivity index (χ0n) is 15.9. The Kier molecular flexibility index (Phi) is 6.11. The molecule has 0 saturated heterocycles. The summed E-state index contributed by atoms with van der Waals surface area (Å²) < 4.78 is 5.73. The maximum absolute atomic E-state index is 12.6. The van der Waals surface area contributed by atoms with Crippen molar-refractivity contribution < 1.29 is 14.3 Å². The van der Waals surface area contributed by atoms with E-state index in [-0.39, 0.29) is 18.4 Å². The van der Waals surface area contributed by atoms with E-state index >= 15 is 0 Å². The minimum Gasteiger partial charge on any atom is -0.479 e. The topological polar surface area (TPSA) is 71.5 Å². The van der Waals surface area contributed by atoms with Crippen LogP contribution in [0.2, 0.25) is 0 Å². The van der Waals surface area contributed by atoms with Crippen molar-refractivity contribution in [2.45, 2.75) is 46.1 Å². The Morgan fingerprint density at radius 2 is 2.15 bits per heavy atom. The summed E-state index contributed by atoms with van der Waals surface area (Å²) in [4.78, 5) is 31.0. The van der Waals surface area contributed by atoms with Gasteiger partial charge in [-0.05, 0) is 44.4 Å². The lowest BCUT2D eigenvalue weighted by atomic mass is 10.1. The first-order valence-corrected chi connectivity index (χ1v) is 10.2. The van der Waals surface area contributed by atoms with Gasteiger partial charge in [0.05, 0.1) is 16.4 Å². The van der Waals surface area contributed by atoms with Gasteiger partial charge in [0.2, 0.25) is 5.91 Å². The number of benzene rings is 1. The summed E-state index contributed by atoms with van der Waals surface area (Å²) >= 11 is 1.64. The average Bonchev–Trinajstić information content (AvgIpc) is 3.12. The number of nitrogens with one attached hydrogen (secondary N) is 1.